The van der Waals surface area contributed by atoms with Crippen molar-refractivity contribution in [2.24, 2.45) is 12.0 Å². The molecule has 3 heterocycles. The van der Waals surface area contributed by atoms with Gasteiger partial charge in [0.2, 0.25) is 0 Å². The first-order valence-corrected chi connectivity index (χ1v) is 12.0. The van der Waals surface area contributed by atoms with Gasteiger partial charge in [-0.1, -0.05) is 17.7 Å². The third kappa shape index (κ3) is 6.22. The predicted molar refractivity (Wildman–Crippen MR) is 142 cm³/mol. The quantitative estimate of drug-likeness (QED) is 0.407. The molecule has 12 heteroatoms. The molecule has 0 radical (unpaired) electrons. The molecule has 0 amide bonds. The van der Waals surface area contributed by atoms with E-state index < -0.39 is 22.8 Å². The number of allylic oxidation sites excluding steroid dienone is 3. The van der Waals surface area contributed by atoms with E-state index in [-0.39, 0.29) is 23.1 Å². The molecule has 0 aliphatic carbocycles. The average molecular weight is 547 g/mol. The lowest BCUT2D eigenvalue weighted by Crippen LogP contribution is -2.23. The number of hydrogen-bond donors (Lipinski definition) is 1. The van der Waals surface area contributed by atoms with Gasteiger partial charge in [-0.2, -0.15) is 0 Å². The van der Waals surface area contributed by atoms with Gasteiger partial charge in [-0.05, 0) is 47.1 Å². The molecule has 3 aromatic heterocycles. The summed E-state index contributed by atoms with van der Waals surface area (Å²) in [5.74, 6) is -0.880. The Balaban J connectivity index is 1.89. The van der Waals surface area contributed by atoms with Crippen molar-refractivity contribution >= 4 is 29.2 Å². The first kappa shape index (κ1) is 28.9. The summed E-state index contributed by atoms with van der Waals surface area (Å²) in [7, 11) is 1.69. The third-order valence-corrected chi connectivity index (χ3v) is 6.01. The summed E-state index contributed by atoms with van der Waals surface area (Å²) in [6.07, 6.45) is 4.19. The highest BCUT2D eigenvalue weighted by Crippen LogP contribution is 2.25. The number of nitrogens with zero attached hydrogens (tertiary/aromatic N) is 6. The predicted octanol–water partition coefficient (Wildman–Crippen LogP) is 4.80. The minimum atomic E-state index is -1.17. The largest absolute Gasteiger partial charge is 0.485 e. The molecule has 9 nitrogen and oxygen atoms in total. The summed E-state index contributed by atoms with van der Waals surface area (Å²) in [5, 5.41) is 14.4. The molecule has 1 N–H and O–H groups in total. The van der Waals surface area contributed by atoms with Crippen molar-refractivity contribution < 1.29 is 18.6 Å². The lowest BCUT2D eigenvalue weighted by atomic mass is 10.1. The summed E-state index contributed by atoms with van der Waals surface area (Å²) in [6, 6.07) is 2.25. The Morgan fingerprint density at radius 2 is 1.97 bits per heavy atom. The number of aliphatic imine (C=N–C) groups is 1. The number of aromatic nitrogens is 5. The molecule has 0 atom stereocenters. The van der Waals surface area contributed by atoms with Crippen LogP contribution < -0.4 is 10.3 Å². The van der Waals surface area contributed by atoms with E-state index in [1.165, 1.54) is 9.25 Å². The molecule has 202 valence electrons. The van der Waals surface area contributed by atoms with Crippen LogP contribution in [0.2, 0.25) is 5.02 Å². The Hall–Kier alpha value is -3.70. The molecule has 0 aliphatic heterocycles. The topological polar surface area (TPSA) is 107 Å². The summed E-state index contributed by atoms with van der Waals surface area (Å²) >= 11 is 6.30. The maximum Gasteiger partial charge on any atom is 0.277 e. The normalized spacial score (nSPS) is 13.3. The highest BCUT2D eigenvalue weighted by molar-refractivity contribution is 6.31. The van der Waals surface area contributed by atoms with E-state index in [1.54, 1.807) is 66.9 Å². The number of pyridine rings is 2. The van der Waals surface area contributed by atoms with Crippen molar-refractivity contribution in [1.29, 1.82) is 0 Å². The van der Waals surface area contributed by atoms with Crippen molar-refractivity contribution in [1.82, 2.24) is 24.3 Å². The summed E-state index contributed by atoms with van der Waals surface area (Å²) in [4.78, 5) is 25.7. The van der Waals surface area contributed by atoms with Crippen molar-refractivity contribution in [3.63, 3.8) is 0 Å². The van der Waals surface area contributed by atoms with E-state index in [1.807, 2.05) is 0 Å². The number of aliphatic hydroxyl groups is 1. The Labute approximate surface area is 223 Å². The summed E-state index contributed by atoms with van der Waals surface area (Å²) in [5.41, 5.74) is 0.395. The van der Waals surface area contributed by atoms with Gasteiger partial charge >= 0.3 is 0 Å². The highest BCUT2D eigenvalue weighted by Gasteiger charge is 2.24. The molecule has 0 aromatic carbocycles. The molecule has 0 fully saturated rings. The van der Waals surface area contributed by atoms with E-state index >= 15 is 0 Å². The van der Waals surface area contributed by atoms with Gasteiger partial charge in [-0.25, -0.2) is 18.4 Å². The fourth-order valence-corrected chi connectivity index (χ4v) is 3.82. The Morgan fingerprint density at radius 3 is 2.55 bits per heavy atom. The molecule has 0 spiro atoms. The van der Waals surface area contributed by atoms with Crippen molar-refractivity contribution in [3.05, 3.63) is 80.0 Å². The van der Waals surface area contributed by atoms with E-state index in [2.05, 4.69) is 20.1 Å². The van der Waals surface area contributed by atoms with Gasteiger partial charge in [0.15, 0.2) is 17.5 Å². The molecule has 0 unspecified atom stereocenters. The van der Waals surface area contributed by atoms with Crippen LogP contribution in [0.25, 0.3) is 11.4 Å². The number of halogens is 3. The molecule has 38 heavy (non-hydrogen) atoms. The number of aryl methyl sites for hydroxylation is 2. The molecule has 3 aromatic rings. The van der Waals surface area contributed by atoms with Crippen LogP contribution in [0.5, 0.6) is 5.75 Å². The van der Waals surface area contributed by atoms with Gasteiger partial charge in [0.1, 0.15) is 40.2 Å². The van der Waals surface area contributed by atoms with Crippen molar-refractivity contribution in [2.45, 2.75) is 53.8 Å². The van der Waals surface area contributed by atoms with Crippen LogP contribution >= 0.6 is 11.6 Å². The first-order chi connectivity index (χ1) is 17.7. The minimum absolute atomic E-state index is 0.0510. The van der Waals surface area contributed by atoms with Gasteiger partial charge < -0.3 is 9.84 Å². The van der Waals surface area contributed by atoms with Crippen molar-refractivity contribution in [3.8, 4) is 5.75 Å². The van der Waals surface area contributed by atoms with Crippen LogP contribution in [-0.4, -0.2) is 35.6 Å². The first-order valence-electron chi connectivity index (χ1n) is 11.6. The second-order valence-electron chi connectivity index (χ2n) is 9.12. The van der Waals surface area contributed by atoms with Gasteiger partial charge in [0.25, 0.3) is 5.56 Å². The lowest BCUT2D eigenvalue weighted by molar-refractivity contribution is 0.0647. The number of ether oxygens (including phenoxy) is 1. The summed E-state index contributed by atoms with van der Waals surface area (Å²) in [6.45, 7) is 9.92. The van der Waals surface area contributed by atoms with Crippen LogP contribution in [0.4, 0.5) is 8.78 Å². The second-order valence-corrected chi connectivity index (χ2v) is 9.50. The molecule has 0 saturated carbocycles. The Kier molecular flexibility index (Phi) is 8.63. The standard InChI is InChI=1S/C26H29ClF2N6O3/c1-8-19(23-32-25(26(5,6)37)34(7)33-23)30-11-14(2)16(4)35-15(3)9-21(22(27)24(35)36)38-13-20-18(29)10-17(28)12-31-20/h8-12,37H,13H2,1-7H3/b16-14+,19-8-,30-11-. The fraction of sp³-hybridized carbons (Fsp3) is 0.346. The van der Waals surface area contributed by atoms with Crippen LogP contribution in [0.15, 0.2) is 39.8 Å². The Bertz CT molecular complexity index is 1520. The molecule has 0 bridgehead atoms. The second kappa shape index (κ2) is 11.4. The number of hydrogen-bond acceptors (Lipinski definition) is 7. The third-order valence-electron chi connectivity index (χ3n) is 5.66. The van der Waals surface area contributed by atoms with Gasteiger partial charge in [-0.15, -0.1) is 5.10 Å². The highest BCUT2D eigenvalue weighted by atomic mass is 35.5. The average Bonchev–Trinajstić information content (AvgIpc) is 3.23. The van der Waals surface area contributed by atoms with E-state index in [0.29, 0.717) is 40.4 Å². The zero-order valence-electron chi connectivity index (χ0n) is 22.2. The smallest absolute Gasteiger partial charge is 0.277 e. The van der Waals surface area contributed by atoms with Gasteiger partial charge in [-0.3, -0.25) is 19.3 Å². The van der Waals surface area contributed by atoms with E-state index in [9.17, 15) is 18.7 Å². The maximum absolute atomic E-state index is 13.9. The zero-order valence-corrected chi connectivity index (χ0v) is 22.9. The van der Waals surface area contributed by atoms with Crippen molar-refractivity contribution in [2.75, 3.05) is 0 Å². The molecule has 0 aliphatic rings. The van der Waals surface area contributed by atoms with Crippen LogP contribution in [0.1, 0.15) is 57.7 Å². The minimum Gasteiger partial charge on any atom is -0.485 e. The van der Waals surface area contributed by atoms with Gasteiger partial charge in [0, 0.05) is 36.8 Å². The zero-order chi connectivity index (χ0) is 28.4. The SMILES string of the molecule is C\C=C(/N=C\C(C)=C(/C)n1c(C)cc(OCc2ncc(F)cc2F)c(Cl)c1=O)c1nc(C(C)(C)O)n(C)n1. The van der Waals surface area contributed by atoms with E-state index in [4.69, 9.17) is 16.3 Å². The Morgan fingerprint density at radius 1 is 1.29 bits per heavy atom. The van der Waals surface area contributed by atoms with Gasteiger partial charge in [0.05, 0.1) is 6.20 Å². The van der Waals surface area contributed by atoms with Crippen LogP contribution in [0.3, 0.4) is 0 Å². The van der Waals surface area contributed by atoms with Crippen LogP contribution in [0, 0.1) is 18.6 Å². The van der Waals surface area contributed by atoms with E-state index in [0.717, 1.165) is 6.20 Å². The molecule has 3 rings (SSSR count). The fourth-order valence-electron chi connectivity index (χ4n) is 3.62. The molecular formula is C26H29ClF2N6O3. The molecular weight excluding hydrogens is 518 g/mol. The lowest BCUT2D eigenvalue weighted by Gasteiger charge is -2.16. The number of rotatable bonds is 8. The monoisotopic (exact) mass is 546 g/mol. The summed E-state index contributed by atoms with van der Waals surface area (Å²) < 4.78 is 35.4. The maximum atomic E-state index is 13.9. The van der Waals surface area contributed by atoms with Crippen LogP contribution in [-0.2, 0) is 19.3 Å². The molecule has 0 saturated heterocycles.